The van der Waals surface area contributed by atoms with Gasteiger partial charge in [0.15, 0.2) is 5.13 Å². The molecule has 0 unspecified atom stereocenters. The number of aromatic nitrogens is 1. The Morgan fingerprint density at radius 3 is 3.00 bits per heavy atom. The summed E-state index contributed by atoms with van der Waals surface area (Å²) in [6, 6.07) is 0. The number of rotatable bonds is 5. The maximum absolute atomic E-state index is 12.3. The number of ether oxygens (including phenoxy) is 1. The molecular weight excluding hydrogens is 328 g/mol. The molecule has 1 atom stereocenters. The fourth-order valence-electron chi connectivity index (χ4n) is 3.03. The summed E-state index contributed by atoms with van der Waals surface area (Å²) in [6.07, 6.45) is 1.10. The van der Waals surface area contributed by atoms with Crippen molar-refractivity contribution in [3.63, 3.8) is 0 Å². The molecule has 0 aromatic carbocycles. The number of hydrogen-bond acceptors (Lipinski definition) is 6. The molecule has 2 amide bonds. The third kappa shape index (κ3) is 4.05. The summed E-state index contributed by atoms with van der Waals surface area (Å²) in [5.74, 6) is 0.0538. The molecule has 0 saturated carbocycles. The molecule has 0 spiro atoms. The van der Waals surface area contributed by atoms with E-state index in [4.69, 9.17) is 4.74 Å². The van der Waals surface area contributed by atoms with Crippen molar-refractivity contribution in [3.05, 3.63) is 11.1 Å². The van der Waals surface area contributed by atoms with E-state index in [2.05, 4.69) is 15.2 Å². The number of nitrogens with zero attached hydrogens (tertiary/aromatic N) is 3. The van der Waals surface area contributed by atoms with Gasteiger partial charge in [-0.2, -0.15) is 0 Å². The van der Waals surface area contributed by atoms with Gasteiger partial charge in [-0.15, -0.1) is 11.3 Å². The molecule has 1 aromatic heterocycles. The van der Waals surface area contributed by atoms with E-state index in [1.807, 2.05) is 12.3 Å². The Morgan fingerprint density at radius 1 is 1.46 bits per heavy atom. The van der Waals surface area contributed by atoms with Crippen molar-refractivity contribution in [3.8, 4) is 0 Å². The minimum Gasteiger partial charge on any atom is -0.378 e. The molecule has 3 rings (SSSR count). The van der Waals surface area contributed by atoms with Crippen LogP contribution in [0, 0.1) is 5.92 Å². The average molecular weight is 352 g/mol. The van der Waals surface area contributed by atoms with Crippen LogP contribution in [-0.4, -0.2) is 61.1 Å². The van der Waals surface area contributed by atoms with Gasteiger partial charge in [0.2, 0.25) is 11.8 Å². The first-order valence-electron chi connectivity index (χ1n) is 8.50. The van der Waals surface area contributed by atoms with Crippen molar-refractivity contribution in [1.29, 1.82) is 0 Å². The van der Waals surface area contributed by atoms with Crippen LogP contribution in [0.4, 0.5) is 5.13 Å². The van der Waals surface area contributed by atoms with Crippen molar-refractivity contribution in [2.24, 2.45) is 5.92 Å². The number of thiazole rings is 1. The number of piperidine rings is 1. The monoisotopic (exact) mass is 352 g/mol. The maximum atomic E-state index is 12.3. The summed E-state index contributed by atoms with van der Waals surface area (Å²) in [5.41, 5.74) is 0.883. The van der Waals surface area contributed by atoms with Crippen molar-refractivity contribution < 1.29 is 14.3 Å². The minimum absolute atomic E-state index is 0.0156. The molecule has 24 heavy (non-hydrogen) atoms. The SMILES string of the molecule is CCN1C[C@@H](C(=O)NCc2csc(N3CCOCC3)n2)CCC1=O. The first kappa shape index (κ1) is 17.2. The van der Waals surface area contributed by atoms with Crippen molar-refractivity contribution >= 4 is 28.3 Å². The Balaban J connectivity index is 1.49. The van der Waals surface area contributed by atoms with Crippen LogP contribution in [0.1, 0.15) is 25.5 Å². The molecule has 0 aliphatic carbocycles. The molecule has 2 aliphatic rings. The van der Waals surface area contributed by atoms with E-state index in [0.717, 1.165) is 37.1 Å². The van der Waals surface area contributed by atoms with Crippen molar-refractivity contribution in [2.45, 2.75) is 26.3 Å². The summed E-state index contributed by atoms with van der Waals surface area (Å²) >= 11 is 1.60. The van der Waals surface area contributed by atoms with E-state index in [0.29, 0.717) is 32.5 Å². The van der Waals surface area contributed by atoms with Gasteiger partial charge in [-0.05, 0) is 13.3 Å². The number of morpholine rings is 1. The van der Waals surface area contributed by atoms with Crippen LogP contribution in [0.3, 0.4) is 0 Å². The van der Waals surface area contributed by atoms with Gasteiger partial charge in [0.25, 0.3) is 0 Å². The Kier molecular flexibility index (Phi) is 5.68. The van der Waals surface area contributed by atoms with Crippen LogP contribution in [-0.2, 0) is 20.9 Å². The predicted octanol–water partition coefficient (Wildman–Crippen LogP) is 0.854. The van der Waals surface area contributed by atoms with E-state index in [1.165, 1.54) is 0 Å². The quantitative estimate of drug-likeness (QED) is 0.851. The molecule has 2 fully saturated rings. The number of likely N-dealkylation sites (tertiary alicyclic amines) is 1. The van der Waals surface area contributed by atoms with E-state index in [-0.39, 0.29) is 17.7 Å². The molecule has 2 saturated heterocycles. The molecule has 132 valence electrons. The predicted molar refractivity (Wildman–Crippen MR) is 92.0 cm³/mol. The molecule has 7 nitrogen and oxygen atoms in total. The lowest BCUT2D eigenvalue weighted by atomic mass is 9.96. The summed E-state index contributed by atoms with van der Waals surface area (Å²) in [4.78, 5) is 32.6. The zero-order chi connectivity index (χ0) is 16.9. The van der Waals surface area contributed by atoms with Crippen LogP contribution in [0.15, 0.2) is 5.38 Å². The van der Waals surface area contributed by atoms with Crippen LogP contribution >= 0.6 is 11.3 Å². The lowest BCUT2D eigenvalue weighted by Crippen LogP contribution is -2.45. The normalized spacial score (nSPS) is 21.9. The summed E-state index contributed by atoms with van der Waals surface area (Å²) in [6.45, 7) is 6.77. The molecule has 3 heterocycles. The van der Waals surface area contributed by atoms with Gasteiger partial charge in [-0.1, -0.05) is 0 Å². The molecule has 1 aromatic rings. The van der Waals surface area contributed by atoms with Crippen LogP contribution < -0.4 is 10.2 Å². The van der Waals surface area contributed by atoms with E-state index < -0.39 is 0 Å². The van der Waals surface area contributed by atoms with E-state index >= 15 is 0 Å². The van der Waals surface area contributed by atoms with Crippen LogP contribution in [0.2, 0.25) is 0 Å². The summed E-state index contributed by atoms with van der Waals surface area (Å²) in [5, 5.41) is 5.95. The number of nitrogens with one attached hydrogen (secondary N) is 1. The summed E-state index contributed by atoms with van der Waals surface area (Å²) in [7, 11) is 0. The number of anilines is 1. The average Bonchev–Trinajstić information content (AvgIpc) is 3.10. The van der Waals surface area contributed by atoms with E-state index in [9.17, 15) is 9.59 Å². The number of carbonyl (C=O) groups is 2. The third-order valence-corrected chi connectivity index (χ3v) is 5.47. The highest BCUT2D eigenvalue weighted by atomic mass is 32.1. The van der Waals surface area contributed by atoms with Crippen LogP contribution in [0.25, 0.3) is 0 Å². The van der Waals surface area contributed by atoms with Gasteiger partial charge in [-0.3, -0.25) is 9.59 Å². The first-order valence-corrected chi connectivity index (χ1v) is 9.38. The number of amides is 2. The Bertz CT molecular complexity index is 586. The van der Waals surface area contributed by atoms with E-state index in [1.54, 1.807) is 16.2 Å². The van der Waals surface area contributed by atoms with Gasteiger partial charge >= 0.3 is 0 Å². The highest BCUT2D eigenvalue weighted by Gasteiger charge is 2.29. The fraction of sp³-hybridized carbons (Fsp3) is 0.688. The second kappa shape index (κ2) is 7.94. The van der Waals surface area contributed by atoms with Gasteiger partial charge < -0.3 is 19.9 Å². The fourth-order valence-corrected chi connectivity index (χ4v) is 3.91. The molecule has 2 aliphatic heterocycles. The maximum Gasteiger partial charge on any atom is 0.225 e. The van der Waals surface area contributed by atoms with Gasteiger partial charge in [0.1, 0.15) is 0 Å². The second-order valence-corrected chi connectivity index (χ2v) is 6.94. The van der Waals surface area contributed by atoms with Gasteiger partial charge in [0.05, 0.1) is 31.4 Å². The first-order chi connectivity index (χ1) is 11.7. The topological polar surface area (TPSA) is 74.8 Å². The standard InChI is InChI=1S/C16H24N4O3S/c1-2-19-10-12(3-4-14(19)21)15(22)17-9-13-11-24-16(18-13)20-5-7-23-8-6-20/h11-12H,2-10H2,1H3,(H,17,22)/t12-/m0/s1. The lowest BCUT2D eigenvalue weighted by molar-refractivity contribution is -0.138. The lowest BCUT2D eigenvalue weighted by Gasteiger charge is -2.30. The highest BCUT2D eigenvalue weighted by Crippen LogP contribution is 2.22. The third-order valence-electron chi connectivity index (χ3n) is 4.52. The molecule has 1 N–H and O–H groups in total. The highest BCUT2D eigenvalue weighted by molar-refractivity contribution is 7.13. The molecule has 8 heteroatoms. The van der Waals surface area contributed by atoms with Crippen molar-refractivity contribution in [2.75, 3.05) is 44.3 Å². The largest absolute Gasteiger partial charge is 0.378 e. The minimum atomic E-state index is -0.111. The molecule has 0 radical (unpaired) electrons. The Hall–Kier alpha value is -1.67. The van der Waals surface area contributed by atoms with Gasteiger partial charge in [-0.25, -0.2) is 4.98 Å². The van der Waals surface area contributed by atoms with Crippen molar-refractivity contribution in [1.82, 2.24) is 15.2 Å². The number of hydrogen-bond donors (Lipinski definition) is 1. The smallest absolute Gasteiger partial charge is 0.225 e. The zero-order valence-corrected chi connectivity index (χ0v) is 14.8. The Morgan fingerprint density at radius 2 is 2.25 bits per heavy atom. The second-order valence-electron chi connectivity index (χ2n) is 6.11. The molecule has 0 bridgehead atoms. The molecular formula is C16H24N4O3S. The number of carbonyl (C=O) groups excluding carboxylic acids is 2. The van der Waals surface area contributed by atoms with Crippen LogP contribution in [0.5, 0.6) is 0 Å². The Labute approximate surface area is 146 Å². The van der Waals surface area contributed by atoms with Gasteiger partial charge in [0, 0.05) is 38.0 Å². The summed E-state index contributed by atoms with van der Waals surface area (Å²) < 4.78 is 5.35. The zero-order valence-electron chi connectivity index (χ0n) is 14.0.